The van der Waals surface area contributed by atoms with Crippen molar-refractivity contribution in [2.45, 2.75) is 6.04 Å². The number of carbonyl (C=O) groups excluding carboxylic acids is 1. The summed E-state index contributed by atoms with van der Waals surface area (Å²) in [6, 6.07) is 20.5. The number of carbonyl (C=O) groups is 1. The lowest BCUT2D eigenvalue weighted by molar-refractivity contribution is 0.212. The molecule has 1 unspecified atom stereocenters. The van der Waals surface area contributed by atoms with Gasteiger partial charge in [-0.3, -0.25) is 0 Å². The van der Waals surface area contributed by atoms with E-state index in [2.05, 4.69) is 5.32 Å². The molecule has 0 aromatic heterocycles. The van der Waals surface area contributed by atoms with Gasteiger partial charge in [0.1, 0.15) is 11.6 Å². The van der Waals surface area contributed by atoms with Gasteiger partial charge in [0.05, 0.1) is 11.7 Å². The van der Waals surface area contributed by atoms with E-state index in [1.54, 1.807) is 31.3 Å². The molecule has 3 aromatic carbocycles. The number of urea groups is 1. The highest BCUT2D eigenvalue weighted by Crippen LogP contribution is 2.28. The third kappa shape index (κ3) is 3.88. The third-order valence-electron chi connectivity index (χ3n) is 4.12. The van der Waals surface area contributed by atoms with Crippen LogP contribution in [-0.2, 0) is 0 Å². The summed E-state index contributed by atoms with van der Waals surface area (Å²) in [5.41, 5.74) is 1.73. The maximum absolute atomic E-state index is 13.8. The molecule has 0 heterocycles. The van der Waals surface area contributed by atoms with Crippen LogP contribution in [0.5, 0.6) is 0 Å². The molecule has 2 amide bonds. The van der Waals surface area contributed by atoms with Crippen LogP contribution in [0.1, 0.15) is 17.2 Å². The summed E-state index contributed by atoms with van der Waals surface area (Å²) in [4.78, 5) is 14.2. The Bertz CT molecular complexity index is 882. The van der Waals surface area contributed by atoms with Crippen LogP contribution < -0.4 is 5.32 Å². The van der Waals surface area contributed by atoms with Crippen molar-refractivity contribution >= 4 is 11.7 Å². The van der Waals surface area contributed by atoms with Crippen molar-refractivity contribution in [3.05, 3.63) is 102 Å². The summed E-state index contributed by atoms with van der Waals surface area (Å²) in [7, 11) is 1.62. The maximum atomic E-state index is 13.8. The van der Waals surface area contributed by atoms with Gasteiger partial charge < -0.3 is 10.2 Å². The normalized spacial score (nSPS) is 11.7. The average molecular weight is 352 g/mol. The second-order valence-electron chi connectivity index (χ2n) is 5.89. The molecule has 0 radical (unpaired) electrons. The van der Waals surface area contributed by atoms with E-state index >= 15 is 0 Å². The van der Waals surface area contributed by atoms with Crippen molar-refractivity contribution < 1.29 is 13.6 Å². The number of amides is 2. The summed E-state index contributed by atoms with van der Waals surface area (Å²) in [6.07, 6.45) is 0. The van der Waals surface area contributed by atoms with Gasteiger partial charge in [0, 0.05) is 7.05 Å². The highest BCUT2D eigenvalue weighted by molar-refractivity contribution is 5.89. The van der Waals surface area contributed by atoms with Crippen LogP contribution in [0.3, 0.4) is 0 Å². The lowest BCUT2D eigenvalue weighted by Gasteiger charge is -2.29. The minimum absolute atomic E-state index is 0.107. The number of halogens is 2. The van der Waals surface area contributed by atoms with Gasteiger partial charge in [0.2, 0.25) is 0 Å². The van der Waals surface area contributed by atoms with Crippen molar-refractivity contribution in [3.63, 3.8) is 0 Å². The molecule has 1 atom stereocenters. The first kappa shape index (κ1) is 17.6. The van der Waals surface area contributed by atoms with Gasteiger partial charge in [-0.1, -0.05) is 54.6 Å². The molecule has 1 N–H and O–H groups in total. The second-order valence-corrected chi connectivity index (χ2v) is 5.89. The van der Waals surface area contributed by atoms with Gasteiger partial charge in [-0.2, -0.15) is 0 Å². The Labute approximate surface area is 150 Å². The summed E-state index contributed by atoms with van der Waals surface area (Å²) < 4.78 is 27.1. The highest BCUT2D eigenvalue weighted by atomic mass is 19.1. The second kappa shape index (κ2) is 7.78. The summed E-state index contributed by atoms with van der Waals surface area (Å²) in [6.45, 7) is 0. The molecular formula is C21H18F2N2O. The number of nitrogens with one attached hydrogen (secondary N) is 1. The standard InChI is InChI=1S/C21H18F2N2O/c1-25(21(26)24-19-10-6-5-9-18(19)23)20(15-7-3-2-4-8-15)16-11-13-17(22)14-12-16/h2-14,20H,1H3,(H,24,26). The predicted molar refractivity (Wildman–Crippen MR) is 97.9 cm³/mol. The highest BCUT2D eigenvalue weighted by Gasteiger charge is 2.24. The monoisotopic (exact) mass is 352 g/mol. The molecule has 3 aromatic rings. The molecule has 0 bridgehead atoms. The SMILES string of the molecule is CN(C(=O)Nc1ccccc1F)C(c1ccccc1)c1ccc(F)cc1. The number of rotatable bonds is 4. The minimum atomic E-state index is -0.507. The largest absolute Gasteiger partial charge is 0.322 e. The first-order valence-corrected chi connectivity index (χ1v) is 8.15. The number of hydrogen-bond donors (Lipinski definition) is 1. The quantitative estimate of drug-likeness (QED) is 0.686. The Hall–Kier alpha value is -3.21. The van der Waals surface area contributed by atoms with E-state index in [0.29, 0.717) is 0 Å². The molecule has 0 fully saturated rings. The number of anilines is 1. The number of para-hydroxylation sites is 1. The van der Waals surface area contributed by atoms with Gasteiger partial charge in [0.25, 0.3) is 0 Å². The molecule has 0 aliphatic heterocycles. The van der Waals surface area contributed by atoms with E-state index in [1.807, 2.05) is 30.3 Å². The van der Waals surface area contributed by atoms with Gasteiger partial charge in [-0.05, 0) is 35.4 Å². The van der Waals surface area contributed by atoms with Crippen molar-refractivity contribution in [2.24, 2.45) is 0 Å². The van der Waals surface area contributed by atoms with Crippen LogP contribution in [0.2, 0.25) is 0 Å². The zero-order chi connectivity index (χ0) is 18.5. The fourth-order valence-corrected chi connectivity index (χ4v) is 2.80. The Morgan fingerprint density at radius 3 is 2.08 bits per heavy atom. The molecule has 0 aliphatic carbocycles. The van der Waals surface area contributed by atoms with E-state index < -0.39 is 17.9 Å². The van der Waals surface area contributed by atoms with Crippen LogP contribution in [0.25, 0.3) is 0 Å². The van der Waals surface area contributed by atoms with Gasteiger partial charge in [-0.25, -0.2) is 13.6 Å². The minimum Gasteiger partial charge on any atom is -0.316 e. The van der Waals surface area contributed by atoms with Crippen LogP contribution >= 0.6 is 0 Å². The smallest absolute Gasteiger partial charge is 0.316 e. The average Bonchev–Trinajstić information content (AvgIpc) is 2.66. The molecule has 0 aliphatic rings. The van der Waals surface area contributed by atoms with E-state index in [4.69, 9.17) is 0 Å². The van der Waals surface area contributed by atoms with E-state index in [0.717, 1.165) is 11.1 Å². The van der Waals surface area contributed by atoms with Crippen molar-refractivity contribution in [1.29, 1.82) is 0 Å². The number of benzene rings is 3. The van der Waals surface area contributed by atoms with E-state index in [-0.39, 0.29) is 11.5 Å². The predicted octanol–water partition coefficient (Wildman–Crippen LogP) is 5.22. The molecule has 3 rings (SSSR count). The maximum Gasteiger partial charge on any atom is 0.322 e. The fraction of sp³-hybridized carbons (Fsp3) is 0.0952. The third-order valence-corrected chi connectivity index (χ3v) is 4.12. The van der Waals surface area contributed by atoms with Crippen molar-refractivity contribution in [2.75, 3.05) is 12.4 Å². The van der Waals surface area contributed by atoms with E-state index in [9.17, 15) is 13.6 Å². The summed E-state index contributed by atoms with van der Waals surface area (Å²) in [5, 5.41) is 2.58. The Balaban J connectivity index is 1.92. The molecule has 132 valence electrons. The molecule has 0 spiro atoms. The zero-order valence-corrected chi connectivity index (χ0v) is 14.2. The van der Waals surface area contributed by atoms with Crippen molar-refractivity contribution in [3.8, 4) is 0 Å². The molecule has 26 heavy (non-hydrogen) atoms. The molecular weight excluding hydrogens is 334 g/mol. The molecule has 0 saturated heterocycles. The zero-order valence-electron chi connectivity index (χ0n) is 14.2. The van der Waals surface area contributed by atoms with Gasteiger partial charge in [-0.15, -0.1) is 0 Å². The molecule has 3 nitrogen and oxygen atoms in total. The van der Waals surface area contributed by atoms with Crippen LogP contribution in [0.4, 0.5) is 19.3 Å². The lowest BCUT2D eigenvalue weighted by atomic mass is 9.97. The first-order chi connectivity index (χ1) is 12.6. The lowest BCUT2D eigenvalue weighted by Crippen LogP contribution is -2.35. The van der Waals surface area contributed by atoms with Crippen LogP contribution in [-0.4, -0.2) is 18.0 Å². The Morgan fingerprint density at radius 1 is 0.846 bits per heavy atom. The van der Waals surface area contributed by atoms with Gasteiger partial charge in [0.15, 0.2) is 0 Å². The van der Waals surface area contributed by atoms with Gasteiger partial charge >= 0.3 is 6.03 Å². The summed E-state index contributed by atoms with van der Waals surface area (Å²) in [5.74, 6) is -0.855. The van der Waals surface area contributed by atoms with Crippen LogP contribution in [0, 0.1) is 11.6 Å². The first-order valence-electron chi connectivity index (χ1n) is 8.15. The van der Waals surface area contributed by atoms with Crippen molar-refractivity contribution in [1.82, 2.24) is 4.90 Å². The fourth-order valence-electron chi connectivity index (χ4n) is 2.80. The summed E-state index contributed by atoms with van der Waals surface area (Å²) >= 11 is 0. The Morgan fingerprint density at radius 2 is 1.42 bits per heavy atom. The Kier molecular flexibility index (Phi) is 5.27. The van der Waals surface area contributed by atoms with Crippen LogP contribution in [0.15, 0.2) is 78.9 Å². The molecule has 5 heteroatoms. The molecule has 0 saturated carbocycles. The van der Waals surface area contributed by atoms with E-state index in [1.165, 1.54) is 29.2 Å². The number of hydrogen-bond acceptors (Lipinski definition) is 1. The number of nitrogens with zero attached hydrogens (tertiary/aromatic N) is 1. The topological polar surface area (TPSA) is 32.3 Å².